The van der Waals surface area contributed by atoms with Gasteiger partial charge in [-0.15, -0.1) is 0 Å². The van der Waals surface area contributed by atoms with Crippen LogP contribution in [0, 0.1) is 0 Å². The first-order valence-corrected chi connectivity index (χ1v) is 34.3. The number of unbranched alkanes of at least 4 members (excludes halogenated alkanes) is 26. The summed E-state index contributed by atoms with van der Waals surface area (Å²) in [6.07, 6.45) is 100.0. The Labute approximate surface area is 512 Å². The second-order valence-electron chi connectivity index (χ2n) is 22.3. The van der Waals surface area contributed by atoms with Crippen molar-refractivity contribution in [2.45, 2.75) is 309 Å². The van der Waals surface area contributed by atoms with Crippen molar-refractivity contribution in [3.05, 3.63) is 146 Å². The van der Waals surface area contributed by atoms with E-state index in [2.05, 4.69) is 167 Å². The van der Waals surface area contributed by atoms with Crippen LogP contribution in [0.15, 0.2) is 146 Å². The van der Waals surface area contributed by atoms with Gasteiger partial charge >= 0.3 is 17.9 Å². The highest BCUT2D eigenvalue weighted by Gasteiger charge is 2.19. The van der Waals surface area contributed by atoms with Crippen LogP contribution >= 0.6 is 0 Å². The van der Waals surface area contributed by atoms with E-state index in [0.717, 1.165) is 122 Å². The van der Waals surface area contributed by atoms with Crippen molar-refractivity contribution in [2.24, 2.45) is 0 Å². The molecular formula is C77H126O6. The minimum Gasteiger partial charge on any atom is -0.462 e. The van der Waals surface area contributed by atoms with E-state index in [-0.39, 0.29) is 37.5 Å². The molecule has 0 aromatic rings. The van der Waals surface area contributed by atoms with Gasteiger partial charge in [0.1, 0.15) is 13.2 Å². The standard InChI is InChI=1S/C77H126O6/c1-4-7-10-13-16-19-22-25-28-31-34-36-38-40-43-46-49-52-55-58-61-64-67-70-76(79)82-73-74(72-81-75(78)69-66-63-60-57-54-51-48-45-42-33-30-27-24-21-18-15-12-9-6-3)83-77(80)71-68-65-62-59-56-53-50-47-44-41-39-37-35-32-29-26-23-20-17-14-11-8-5-2/h7,10,16,18-19,21,23,25-28,30,32,34-36,40,42-43,45,49,52,58,61,74H,4-6,8-9,11-15,17,20,22,24,29,31,33,37-39,41,44,46-48,50-51,53-57,59-60,62-73H2,1-3H3/b10-7-,19-16-,21-18-,26-23-,28-25-,30-27-,35-32-,36-34-,43-40-,45-42-,52-49-,61-58-. The van der Waals surface area contributed by atoms with Gasteiger partial charge in [-0.1, -0.05) is 289 Å². The highest BCUT2D eigenvalue weighted by atomic mass is 16.6. The van der Waals surface area contributed by atoms with Crippen LogP contribution in [0.5, 0.6) is 0 Å². The highest BCUT2D eigenvalue weighted by molar-refractivity contribution is 5.71. The maximum Gasteiger partial charge on any atom is 0.306 e. The van der Waals surface area contributed by atoms with Crippen LogP contribution in [0.1, 0.15) is 303 Å². The van der Waals surface area contributed by atoms with Crippen molar-refractivity contribution in [3.63, 3.8) is 0 Å². The maximum atomic E-state index is 13.0. The van der Waals surface area contributed by atoms with Crippen molar-refractivity contribution in [1.29, 1.82) is 0 Å². The van der Waals surface area contributed by atoms with Crippen LogP contribution in [0.25, 0.3) is 0 Å². The van der Waals surface area contributed by atoms with Crippen LogP contribution in [-0.4, -0.2) is 37.2 Å². The molecule has 0 heterocycles. The van der Waals surface area contributed by atoms with E-state index in [1.807, 2.05) is 0 Å². The number of rotatable bonds is 61. The molecule has 0 aromatic heterocycles. The molecule has 0 N–H and O–H groups in total. The van der Waals surface area contributed by atoms with Crippen LogP contribution in [0.3, 0.4) is 0 Å². The number of hydrogen-bond acceptors (Lipinski definition) is 6. The predicted octanol–water partition coefficient (Wildman–Crippen LogP) is 23.9. The Morgan fingerprint density at radius 1 is 0.253 bits per heavy atom. The molecule has 83 heavy (non-hydrogen) atoms. The fraction of sp³-hybridized carbons (Fsp3) is 0.649. The number of carbonyl (C=O) groups excluding carboxylic acids is 3. The zero-order chi connectivity index (χ0) is 59.9. The van der Waals surface area contributed by atoms with E-state index in [9.17, 15) is 14.4 Å². The first-order valence-electron chi connectivity index (χ1n) is 34.3. The summed E-state index contributed by atoms with van der Waals surface area (Å²) in [7, 11) is 0. The Morgan fingerprint density at radius 3 is 0.807 bits per heavy atom. The van der Waals surface area contributed by atoms with E-state index in [1.54, 1.807) is 0 Å². The van der Waals surface area contributed by atoms with Gasteiger partial charge < -0.3 is 14.2 Å². The first-order chi connectivity index (χ1) is 41.0. The molecule has 0 aromatic carbocycles. The summed E-state index contributed by atoms with van der Waals surface area (Å²) in [5.74, 6) is -0.979. The van der Waals surface area contributed by atoms with Crippen molar-refractivity contribution in [1.82, 2.24) is 0 Å². The monoisotopic (exact) mass is 1150 g/mol. The third-order valence-corrected chi connectivity index (χ3v) is 14.3. The number of ether oxygens (including phenoxy) is 3. The largest absolute Gasteiger partial charge is 0.462 e. The minimum absolute atomic E-state index is 0.108. The molecule has 0 radical (unpaired) electrons. The highest BCUT2D eigenvalue weighted by Crippen LogP contribution is 2.15. The zero-order valence-electron chi connectivity index (χ0n) is 53.9. The summed E-state index contributed by atoms with van der Waals surface area (Å²) >= 11 is 0. The van der Waals surface area contributed by atoms with Gasteiger partial charge in [0.2, 0.25) is 0 Å². The SMILES string of the molecule is CC/C=C\C/C=C\C/C=C\C/C=C\C/C=C\C/C=C\C/C=C\CCCC(=O)OCC(COC(=O)CCCCCCCC/C=C\C/C=C\C/C=C\CCCCC)OC(=O)CCCCCCCCCCCCC/C=C\C/C=C\CCCCCCC. The molecule has 0 spiro atoms. The second kappa shape index (κ2) is 69.8. The molecule has 6 heteroatoms. The molecule has 6 nitrogen and oxygen atoms in total. The summed E-state index contributed by atoms with van der Waals surface area (Å²) in [5, 5.41) is 0. The second-order valence-corrected chi connectivity index (χ2v) is 22.3. The average Bonchev–Trinajstić information content (AvgIpc) is 3.49. The molecule has 0 fully saturated rings. The number of carbonyl (C=O) groups is 3. The lowest BCUT2D eigenvalue weighted by molar-refractivity contribution is -0.167. The van der Waals surface area contributed by atoms with E-state index in [0.29, 0.717) is 19.3 Å². The van der Waals surface area contributed by atoms with E-state index >= 15 is 0 Å². The van der Waals surface area contributed by atoms with E-state index in [1.165, 1.54) is 135 Å². The Kier molecular flexibility index (Phi) is 65.8. The van der Waals surface area contributed by atoms with Crippen molar-refractivity contribution < 1.29 is 28.6 Å². The lowest BCUT2D eigenvalue weighted by Gasteiger charge is -2.18. The van der Waals surface area contributed by atoms with Gasteiger partial charge in [-0.2, -0.15) is 0 Å². The summed E-state index contributed by atoms with van der Waals surface area (Å²) < 4.78 is 16.9. The number of hydrogen-bond donors (Lipinski definition) is 0. The van der Waals surface area contributed by atoms with Crippen LogP contribution in [0.4, 0.5) is 0 Å². The fourth-order valence-electron chi connectivity index (χ4n) is 9.18. The molecule has 0 aliphatic carbocycles. The van der Waals surface area contributed by atoms with Crippen molar-refractivity contribution in [3.8, 4) is 0 Å². The Morgan fingerprint density at radius 2 is 0.482 bits per heavy atom. The zero-order valence-corrected chi connectivity index (χ0v) is 53.9. The topological polar surface area (TPSA) is 78.9 Å². The lowest BCUT2D eigenvalue weighted by Crippen LogP contribution is -2.30. The Bertz CT molecular complexity index is 1800. The van der Waals surface area contributed by atoms with Gasteiger partial charge in [0.05, 0.1) is 0 Å². The quantitative estimate of drug-likeness (QED) is 0.0261. The van der Waals surface area contributed by atoms with E-state index in [4.69, 9.17) is 14.2 Å². The predicted molar refractivity (Wildman–Crippen MR) is 362 cm³/mol. The van der Waals surface area contributed by atoms with Gasteiger partial charge in [0.15, 0.2) is 6.10 Å². The first kappa shape index (κ1) is 78.3. The van der Waals surface area contributed by atoms with Gasteiger partial charge in [-0.25, -0.2) is 0 Å². The lowest BCUT2D eigenvalue weighted by atomic mass is 10.0. The molecule has 470 valence electrons. The van der Waals surface area contributed by atoms with Crippen molar-refractivity contribution >= 4 is 17.9 Å². The number of allylic oxidation sites excluding steroid dienone is 24. The molecule has 0 aliphatic heterocycles. The third kappa shape index (κ3) is 68.0. The van der Waals surface area contributed by atoms with Crippen molar-refractivity contribution in [2.75, 3.05) is 13.2 Å². The van der Waals surface area contributed by atoms with Gasteiger partial charge in [0.25, 0.3) is 0 Å². The molecule has 1 unspecified atom stereocenters. The number of esters is 3. The molecule has 0 saturated heterocycles. The molecule has 0 amide bonds. The normalized spacial score (nSPS) is 13.0. The molecule has 0 saturated carbocycles. The Hall–Kier alpha value is -4.71. The van der Waals surface area contributed by atoms with E-state index < -0.39 is 6.10 Å². The summed E-state index contributed by atoms with van der Waals surface area (Å²) in [5.41, 5.74) is 0. The maximum absolute atomic E-state index is 13.0. The molecule has 1 atom stereocenters. The average molecular weight is 1150 g/mol. The smallest absolute Gasteiger partial charge is 0.306 e. The van der Waals surface area contributed by atoms with Crippen LogP contribution in [0.2, 0.25) is 0 Å². The molecule has 0 aliphatic rings. The van der Waals surface area contributed by atoms with Gasteiger partial charge in [-0.05, 0) is 141 Å². The fourth-order valence-corrected chi connectivity index (χ4v) is 9.18. The minimum atomic E-state index is -0.817. The Balaban J connectivity index is 4.52. The summed E-state index contributed by atoms with van der Waals surface area (Å²) in [4.78, 5) is 38.4. The van der Waals surface area contributed by atoms with Crippen LogP contribution in [-0.2, 0) is 28.6 Å². The third-order valence-electron chi connectivity index (χ3n) is 14.3. The summed E-state index contributed by atoms with van der Waals surface area (Å²) in [6.45, 7) is 6.45. The molecular weight excluding hydrogens is 1020 g/mol. The molecule has 0 rings (SSSR count). The van der Waals surface area contributed by atoms with Gasteiger partial charge in [-0.3, -0.25) is 14.4 Å². The van der Waals surface area contributed by atoms with Crippen LogP contribution < -0.4 is 0 Å². The molecule has 0 bridgehead atoms. The summed E-state index contributed by atoms with van der Waals surface area (Å²) in [6, 6.07) is 0. The van der Waals surface area contributed by atoms with Gasteiger partial charge in [0, 0.05) is 19.3 Å².